The number of hydrogen-bond acceptors (Lipinski definition) is 5. The van der Waals surface area contributed by atoms with Crippen LogP contribution in [0.5, 0.6) is 5.75 Å². The molecule has 1 N–H and O–H groups in total. The lowest BCUT2D eigenvalue weighted by molar-refractivity contribution is -0.385. The van der Waals surface area contributed by atoms with Crippen molar-refractivity contribution in [3.8, 4) is 5.75 Å². The average molecular weight is 341 g/mol. The lowest BCUT2D eigenvalue weighted by atomic mass is 10.2. The molecule has 2 aromatic rings. The number of nitro groups is 1. The third-order valence-corrected chi connectivity index (χ3v) is 3.80. The smallest absolute Gasteiger partial charge is 0.274 e. The molecule has 128 valence electrons. The molecule has 0 radical (unpaired) electrons. The van der Waals surface area contributed by atoms with Crippen LogP contribution in [0, 0.1) is 17.0 Å². The molecule has 0 spiro atoms. The van der Waals surface area contributed by atoms with Gasteiger partial charge in [0.25, 0.3) is 11.6 Å². The van der Waals surface area contributed by atoms with E-state index in [4.69, 9.17) is 4.74 Å². The largest absolute Gasteiger partial charge is 0.482 e. The summed E-state index contributed by atoms with van der Waals surface area (Å²) in [6.45, 7) is 1.27. The van der Waals surface area contributed by atoms with Crippen LogP contribution in [0.25, 0.3) is 0 Å². The van der Waals surface area contributed by atoms with Gasteiger partial charge in [-0.25, -0.2) is 0 Å². The maximum Gasteiger partial charge on any atom is 0.274 e. The Kier molecular flexibility index (Phi) is 4.34. The van der Waals surface area contributed by atoms with Crippen LogP contribution in [0.4, 0.5) is 17.1 Å². The first-order chi connectivity index (χ1) is 12.0. The van der Waals surface area contributed by atoms with E-state index in [1.807, 2.05) is 0 Å². The van der Waals surface area contributed by atoms with Crippen LogP contribution < -0.4 is 15.0 Å². The first-order valence-electron chi connectivity index (χ1n) is 7.53. The van der Waals surface area contributed by atoms with E-state index in [1.54, 1.807) is 43.3 Å². The zero-order valence-corrected chi connectivity index (χ0v) is 13.4. The highest BCUT2D eigenvalue weighted by Gasteiger charge is 2.27. The van der Waals surface area contributed by atoms with Crippen LogP contribution in [0.3, 0.4) is 0 Å². The number of benzene rings is 2. The van der Waals surface area contributed by atoms with Crippen molar-refractivity contribution in [2.45, 2.75) is 6.92 Å². The van der Waals surface area contributed by atoms with Gasteiger partial charge in [0.1, 0.15) is 12.3 Å². The van der Waals surface area contributed by atoms with Gasteiger partial charge in [-0.05, 0) is 25.1 Å². The minimum Gasteiger partial charge on any atom is -0.482 e. The quantitative estimate of drug-likeness (QED) is 0.679. The van der Waals surface area contributed by atoms with Gasteiger partial charge in [0.2, 0.25) is 5.91 Å². The molecular weight excluding hydrogens is 326 g/mol. The fraction of sp³-hybridized carbons (Fsp3) is 0.176. The van der Waals surface area contributed by atoms with Gasteiger partial charge in [-0.3, -0.25) is 24.6 Å². The average Bonchev–Trinajstić information content (AvgIpc) is 2.59. The van der Waals surface area contributed by atoms with E-state index in [9.17, 15) is 19.7 Å². The normalized spacial score (nSPS) is 13.0. The molecule has 0 saturated heterocycles. The van der Waals surface area contributed by atoms with Gasteiger partial charge in [0.15, 0.2) is 6.61 Å². The summed E-state index contributed by atoms with van der Waals surface area (Å²) in [6, 6.07) is 11.4. The number of para-hydroxylation sites is 2. The summed E-state index contributed by atoms with van der Waals surface area (Å²) >= 11 is 0. The number of nitro benzene ring substituents is 1. The Morgan fingerprint density at radius 1 is 1.32 bits per heavy atom. The molecule has 2 aromatic carbocycles. The number of carbonyl (C=O) groups excluding carboxylic acids is 2. The number of ether oxygens (including phenoxy) is 1. The Labute approximate surface area is 143 Å². The minimum absolute atomic E-state index is 0.0782. The second-order valence-corrected chi connectivity index (χ2v) is 5.54. The fourth-order valence-electron chi connectivity index (χ4n) is 2.56. The molecule has 8 nitrogen and oxygen atoms in total. The lowest BCUT2D eigenvalue weighted by Gasteiger charge is -2.28. The number of rotatable bonds is 4. The number of nitrogens with zero attached hydrogens (tertiary/aromatic N) is 2. The third-order valence-electron chi connectivity index (χ3n) is 3.80. The van der Waals surface area contributed by atoms with Crippen LogP contribution in [0.2, 0.25) is 0 Å². The Bertz CT molecular complexity index is 865. The van der Waals surface area contributed by atoms with Crippen molar-refractivity contribution in [3.05, 3.63) is 58.1 Å². The molecule has 0 fully saturated rings. The third kappa shape index (κ3) is 3.42. The van der Waals surface area contributed by atoms with Crippen molar-refractivity contribution in [1.82, 2.24) is 0 Å². The first-order valence-corrected chi connectivity index (χ1v) is 7.53. The lowest BCUT2D eigenvalue weighted by Crippen LogP contribution is -2.43. The van der Waals surface area contributed by atoms with Crippen LogP contribution in [0.1, 0.15) is 5.56 Å². The molecule has 8 heteroatoms. The first kappa shape index (κ1) is 16.4. The number of hydrogen-bond donors (Lipinski definition) is 1. The highest BCUT2D eigenvalue weighted by atomic mass is 16.6. The SMILES string of the molecule is Cc1ccc(NC(=O)CN2C(=O)COc3ccccc32)cc1[N+](=O)[O-]. The van der Waals surface area contributed by atoms with E-state index in [1.165, 1.54) is 11.0 Å². The summed E-state index contributed by atoms with van der Waals surface area (Å²) < 4.78 is 5.32. The minimum atomic E-state index is -0.507. The Morgan fingerprint density at radius 3 is 2.84 bits per heavy atom. The molecule has 1 heterocycles. The monoisotopic (exact) mass is 341 g/mol. The molecule has 0 aliphatic carbocycles. The van der Waals surface area contributed by atoms with Crippen LogP contribution in [-0.2, 0) is 9.59 Å². The molecule has 0 unspecified atom stereocenters. The van der Waals surface area contributed by atoms with Gasteiger partial charge in [0.05, 0.1) is 10.6 Å². The Morgan fingerprint density at radius 2 is 2.08 bits per heavy atom. The van der Waals surface area contributed by atoms with E-state index >= 15 is 0 Å². The topological polar surface area (TPSA) is 102 Å². The van der Waals surface area contributed by atoms with E-state index < -0.39 is 10.8 Å². The highest BCUT2D eigenvalue weighted by molar-refractivity contribution is 6.05. The maximum atomic E-state index is 12.3. The molecule has 0 bridgehead atoms. The fourth-order valence-corrected chi connectivity index (χ4v) is 2.56. The molecule has 1 aliphatic rings. The van der Waals surface area contributed by atoms with Gasteiger partial charge in [-0.15, -0.1) is 0 Å². The van der Waals surface area contributed by atoms with Gasteiger partial charge in [0, 0.05) is 17.3 Å². The summed E-state index contributed by atoms with van der Waals surface area (Å²) in [5.41, 5.74) is 1.24. The summed E-state index contributed by atoms with van der Waals surface area (Å²) in [5, 5.41) is 13.6. The van der Waals surface area contributed by atoms with Crippen LogP contribution in [0.15, 0.2) is 42.5 Å². The van der Waals surface area contributed by atoms with Gasteiger partial charge in [-0.1, -0.05) is 18.2 Å². The van der Waals surface area contributed by atoms with Gasteiger partial charge < -0.3 is 10.1 Å². The van der Waals surface area contributed by atoms with E-state index in [-0.39, 0.29) is 24.7 Å². The number of fused-ring (bicyclic) bond motifs is 1. The molecule has 0 aromatic heterocycles. The summed E-state index contributed by atoms with van der Waals surface area (Å²) in [7, 11) is 0. The summed E-state index contributed by atoms with van der Waals surface area (Å²) in [5.74, 6) is -0.257. The number of amides is 2. The summed E-state index contributed by atoms with van der Waals surface area (Å²) in [6.07, 6.45) is 0. The Hall–Kier alpha value is -3.42. The van der Waals surface area contributed by atoms with Crippen molar-refractivity contribution < 1.29 is 19.2 Å². The zero-order chi connectivity index (χ0) is 18.0. The molecule has 0 atom stereocenters. The van der Waals surface area contributed by atoms with Gasteiger partial charge >= 0.3 is 0 Å². The molecule has 2 amide bonds. The van der Waals surface area contributed by atoms with Crippen molar-refractivity contribution in [1.29, 1.82) is 0 Å². The van der Waals surface area contributed by atoms with Crippen molar-refractivity contribution in [3.63, 3.8) is 0 Å². The second kappa shape index (κ2) is 6.60. The highest BCUT2D eigenvalue weighted by Crippen LogP contribution is 2.31. The predicted molar refractivity (Wildman–Crippen MR) is 90.8 cm³/mol. The summed E-state index contributed by atoms with van der Waals surface area (Å²) in [4.78, 5) is 36.2. The number of aryl methyl sites for hydroxylation is 1. The van der Waals surface area contributed by atoms with Crippen molar-refractivity contribution in [2.75, 3.05) is 23.4 Å². The number of carbonyl (C=O) groups is 2. The number of nitrogens with one attached hydrogen (secondary N) is 1. The van der Waals surface area contributed by atoms with Crippen molar-refractivity contribution in [2.24, 2.45) is 0 Å². The van der Waals surface area contributed by atoms with E-state index in [0.29, 0.717) is 22.7 Å². The second-order valence-electron chi connectivity index (χ2n) is 5.54. The van der Waals surface area contributed by atoms with Crippen LogP contribution >= 0.6 is 0 Å². The molecule has 0 saturated carbocycles. The van der Waals surface area contributed by atoms with Gasteiger partial charge in [-0.2, -0.15) is 0 Å². The predicted octanol–water partition coefficient (Wildman–Crippen LogP) is 2.27. The van der Waals surface area contributed by atoms with E-state index in [0.717, 1.165) is 0 Å². The maximum absolute atomic E-state index is 12.3. The standard InChI is InChI=1S/C17H15N3O5/c1-11-6-7-12(8-14(11)20(23)24)18-16(21)9-19-13-4-2-3-5-15(13)25-10-17(19)22/h2-8H,9-10H2,1H3,(H,18,21). The molecular formula is C17H15N3O5. The van der Waals surface area contributed by atoms with Crippen LogP contribution in [-0.4, -0.2) is 29.9 Å². The molecule has 3 rings (SSSR count). The Balaban J connectivity index is 1.76. The molecule has 1 aliphatic heterocycles. The number of anilines is 2. The molecule has 25 heavy (non-hydrogen) atoms. The van der Waals surface area contributed by atoms with E-state index in [2.05, 4.69) is 5.32 Å². The zero-order valence-electron chi connectivity index (χ0n) is 13.4. The van der Waals surface area contributed by atoms with Crippen molar-refractivity contribution >= 4 is 28.9 Å².